The van der Waals surface area contributed by atoms with Gasteiger partial charge in [-0.05, 0) is 6.92 Å². The quantitative estimate of drug-likeness (QED) is 0.511. The van der Waals surface area contributed by atoms with Gasteiger partial charge in [-0.25, -0.2) is 4.98 Å². The molecule has 0 aromatic carbocycles. The Labute approximate surface area is 74.1 Å². The molecule has 0 unspecified atom stereocenters. The number of aromatic nitrogens is 1. The lowest BCUT2D eigenvalue weighted by molar-refractivity contribution is 0.213. The Morgan fingerprint density at radius 1 is 1.83 bits per heavy atom. The molecule has 1 heterocycles. The molecule has 0 saturated carbocycles. The molecule has 0 atom stereocenters. The molecule has 0 saturated heterocycles. The maximum absolute atomic E-state index is 8.49. The Hall–Kier alpha value is -1.41. The summed E-state index contributed by atoms with van der Waals surface area (Å²) in [5, 5.41) is 14.6. The largest absolute Gasteiger partial charge is 0.399 e. The van der Waals surface area contributed by atoms with E-state index in [0.29, 0.717) is 16.4 Å². The molecule has 0 N–H and O–H groups in total. The molecule has 1 aromatic rings. The summed E-state index contributed by atoms with van der Waals surface area (Å²) in [7, 11) is 1.47. The van der Waals surface area contributed by atoms with Crippen LogP contribution in [0.3, 0.4) is 0 Å². The molecule has 0 radical (unpaired) electrons. The molecule has 0 bridgehead atoms. The zero-order chi connectivity index (χ0) is 8.97. The van der Waals surface area contributed by atoms with E-state index in [0.717, 1.165) is 0 Å². The first-order chi connectivity index (χ1) is 5.77. The molecule has 12 heavy (non-hydrogen) atoms. The van der Waals surface area contributed by atoms with Gasteiger partial charge in [0.15, 0.2) is 5.69 Å². The lowest BCUT2D eigenvalue weighted by Gasteiger charge is -1.90. The van der Waals surface area contributed by atoms with E-state index in [1.54, 1.807) is 12.3 Å². The summed E-state index contributed by atoms with van der Waals surface area (Å²) in [4.78, 5) is 8.57. The van der Waals surface area contributed by atoms with E-state index in [1.807, 2.05) is 6.07 Å². The van der Waals surface area contributed by atoms with Gasteiger partial charge in [-0.15, -0.1) is 11.3 Å². The van der Waals surface area contributed by atoms with Gasteiger partial charge in [0.1, 0.15) is 23.9 Å². The van der Waals surface area contributed by atoms with E-state index in [1.165, 1.54) is 18.4 Å². The number of rotatable bonds is 2. The Bertz CT molecular complexity index is 337. The SMILES string of the molecule is CO/N=C(\C)c1nc(C#N)cs1. The average Bonchev–Trinajstić information content (AvgIpc) is 2.52. The first-order valence-corrected chi connectivity index (χ1v) is 4.09. The predicted octanol–water partition coefficient (Wildman–Crippen LogP) is 1.39. The molecule has 0 fully saturated rings. The van der Waals surface area contributed by atoms with Gasteiger partial charge in [0.2, 0.25) is 0 Å². The highest BCUT2D eigenvalue weighted by Crippen LogP contribution is 2.09. The number of nitrogens with zero attached hydrogens (tertiary/aromatic N) is 3. The smallest absolute Gasteiger partial charge is 0.152 e. The fourth-order valence-electron chi connectivity index (χ4n) is 0.667. The second-order valence-electron chi connectivity index (χ2n) is 2.01. The molecular formula is C7H7N3OS. The molecule has 1 rings (SSSR count). The van der Waals surface area contributed by atoms with Crippen LogP contribution in [0.15, 0.2) is 10.5 Å². The Kier molecular flexibility index (Phi) is 2.77. The first kappa shape index (κ1) is 8.68. The summed E-state index contributed by atoms with van der Waals surface area (Å²) in [6.07, 6.45) is 0. The highest BCUT2D eigenvalue weighted by molar-refractivity contribution is 7.11. The van der Waals surface area contributed by atoms with Crippen LogP contribution in [-0.4, -0.2) is 17.8 Å². The molecule has 62 valence electrons. The highest BCUT2D eigenvalue weighted by Gasteiger charge is 2.03. The van der Waals surface area contributed by atoms with Crippen LogP contribution in [0.5, 0.6) is 0 Å². The maximum Gasteiger partial charge on any atom is 0.152 e. The van der Waals surface area contributed by atoms with Crippen LogP contribution >= 0.6 is 11.3 Å². The molecule has 0 amide bonds. The molecule has 4 nitrogen and oxygen atoms in total. The lowest BCUT2D eigenvalue weighted by Crippen LogP contribution is -1.94. The molecule has 1 aromatic heterocycles. The zero-order valence-electron chi connectivity index (χ0n) is 6.74. The molecule has 0 aliphatic rings. The summed E-state index contributed by atoms with van der Waals surface area (Å²) in [5.74, 6) is 0. The Morgan fingerprint density at radius 2 is 2.58 bits per heavy atom. The fraction of sp³-hybridized carbons (Fsp3) is 0.286. The number of hydrogen-bond acceptors (Lipinski definition) is 5. The van der Waals surface area contributed by atoms with Crippen LogP contribution in [0.25, 0.3) is 0 Å². The lowest BCUT2D eigenvalue weighted by atomic mass is 10.4. The second-order valence-corrected chi connectivity index (χ2v) is 2.87. The van der Waals surface area contributed by atoms with Crippen molar-refractivity contribution < 1.29 is 4.84 Å². The van der Waals surface area contributed by atoms with E-state index in [2.05, 4.69) is 15.0 Å². The molecule has 5 heteroatoms. The van der Waals surface area contributed by atoms with E-state index in [9.17, 15) is 0 Å². The van der Waals surface area contributed by atoms with Crippen molar-refractivity contribution in [2.24, 2.45) is 5.16 Å². The van der Waals surface area contributed by atoms with Gasteiger partial charge in [-0.1, -0.05) is 5.16 Å². The predicted molar refractivity (Wildman–Crippen MR) is 46.0 cm³/mol. The summed E-state index contributed by atoms with van der Waals surface area (Å²) < 4.78 is 0. The minimum absolute atomic E-state index is 0.417. The van der Waals surface area contributed by atoms with Crippen molar-refractivity contribution in [3.05, 3.63) is 16.1 Å². The van der Waals surface area contributed by atoms with Gasteiger partial charge in [-0.3, -0.25) is 0 Å². The van der Waals surface area contributed by atoms with Gasteiger partial charge in [0.05, 0.1) is 0 Å². The van der Waals surface area contributed by atoms with Gasteiger partial charge in [0.25, 0.3) is 0 Å². The van der Waals surface area contributed by atoms with Gasteiger partial charge in [0, 0.05) is 5.38 Å². The third kappa shape index (κ3) is 1.80. The summed E-state index contributed by atoms with van der Waals surface area (Å²) in [5.41, 5.74) is 1.10. The number of nitriles is 1. The summed E-state index contributed by atoms with van der Waals surface area (Å²) >= 11 is 1.38. The Morgan fingerprint density at radius 3 is 3.08 bits per heavy atom. The van der Waals surface area contributed by atoms with Crippen molar-refractivity contribution in [2.45, 2.75) is 6.92 Å². The molecule has 0 spiro atoms. The maximum atomic E-state index is 8.49. The van der Waals surface area contributed by atoms with E-state index in [4.69, 9.17) is 5.26 Å². The number of thiazole rings is 1. The van der Waals surface area contributed by atoms with E-state index < -0.39 is 0 Å². The van der Waals surface area contributed by atoms with Crippen LogP contribution in [-0.2, 0) is 4.84 Å². The van der Waals surface area contributed by atoms with Crippen molar-refractivity contribution in [3.63, 3.8) is 0 Å². The topological polar surface area (TPSA) is 58.3 Å². The van der Waals surface area contributed by atoms with Crippen LogP contribution < -0.4 is 0 Å². The van der Waals surface area contributed by atoms with E-state index in [-0.39, 0.29) is 0 Å². The molecule has 0 aliphatic carbocycles. The molecular weight excluding hydrogens is 174 g/mol. The summed E-state index contributed by atoms with van der Waals surface area (Å²) in [6.45, 7) is 1.78. The van der Waals surface area contributed by atoms with Gasteiger partial charge >= 0.3 is 0 Å². The number of hydrogen-bond donors (Lipinski definition) is 0. The van der Waals surface area contributed by atoms with Crippen molar-refractivity contribution >= 4 is 17.0 Å². The normalized spacial score (nSPS) is 10.9. The monoisotopic (exact) mass is 181 g/mol. The van der Waals surface area contributed by atoms with Crippen molar-refractivity contribution in [3.8, 4) is 6.07 Å². The van der Waals surface area contributed by atoms with Gasteiger partial charge < -0.3 is 4.84 Å². The zero-order valence-corrected chi connectivity index (χ0v) is 7.55. The highest BCUT2D eigenvalue weighted by atomic mass is 32.1. The fourth-order valence-corrected chi connectivity index (χ4v) is 1.35. The van der Waals surface area contributed by atoms with Crippen molar-refractivity contribution in [1.29, 1.82) is 5.26 Å². The Balaban J connectivity index is 2.91. The minimum Gasteiger partial charge on any atom is -0.399 e. The van der Waals surface area contributed by atoms with Crippen molar-refractivity contribution in [1.82, 2.24) is 4.98 Å². The third-order valence-corrected chi connectivity index (χ3v) is 2.11. The molecule has 0 aliphatic heterocycles. The average molecular weight is 181 g/mol. The standard InChI is InChI=1S/C7H7N3OS/c1-5(10-11-2)7-9-6(3-8)4-12-7/h4H,1-2H3/b10-5+. The second kappa shape index (κ2) is 3.83. The minimum atomic E-state index is 0.417. The third-order valence-electron chi connectivity index (χ3n) is 1.16. The van der Waals surface area contributed by atoms with Crippen LogP contribution in [0.4, 0.5) is 0 Å². The van der Waals surface area contributed by atoms with Crippen molar-refractivity contribution in [2.75, 3.05) is 7.11 Å². The van der Waals surface area contributed by atoms with E-state index >= 15 is 0 Å². The first-order valence-electron chi connectivity index (χ1n) is 3.21. The van der Waals surface area contributed by atoms with Crippen LogP contribution in [0.2, 0.25) is 0 Å². The van der Waals surface area contributed by atoms with Gasteiger partial charge in [-0.2, -0.15) is 5.26 Å². The van der Waals surface area contributed by atoms with Crippen LogP contribution in [0, 0.1) is 11.3 Å². The van der Waals surface area contributed by atoms with Crippen LogP contribution in [0.1, 0.15) is 17.6 Å². The number of oxime groups is 1. The summed E-state index contributed by atoms with van der Waals surface area (Å²) in [6, 6.07) is 1.95.